The van der Waals surface area contributed by atoms with E-state index >= 15 is 0 Å². The molecule has 4 rings (SSSR count). The molecule has 0 unspecified atom stereocenters. The summed E-state index contributed by atoms with van der Waals surface area (Å²) in [6.45, 7) is 8.35. The smallest absolute Gasteiger partial charge is 0.256 e. The molecule has 3 heterocycles. The summed E-state index contributed by atoms with van der Waals surface area (Å²) in [6, 6.07) is 9.86. The van der Waals surface area contributed by atoms with Gasteiger partial charge >= 0.3 is 0 Å². The van der Waals surface area contributed by atoms with Crippen molar-refractivity contribution >= 4 is 5.91 Å². The lowest BCUT2D eigenvalue weighted by Gasteiger charge is -2.20. The Labute approximate surface area is 200 Å². The van der Waals surface area contributed by atoms with Crippen molar-refractivity contribution in [1.29, 1.82) is 0 Å². The third-order valence-electron chi connectivity index (χ3n) is 6.52. The number of nitrogens with zero attached hydrogens (tertiary/aromatic N) is 4. The first-order valence-electron chi connectivity index (χ1n) is 11.8. The van der Waals surface area contributed by atoms with E-state index in [9.17, 15) is 9.59 Å². The predicted octanol–water partition coefficient (Wildman–Crippen LogP) is 2.55. The second kappa shape index (κ2) is 10.7. The number of carbonyl (C=O) groups is 1. The number of fused-ring (bicyclic) bond motifs is 1. The molecule has 34 heavy (non-hydrogen) atoms. The van der Waals surface area contributed by atoms with Crippen LogP contribution in [0.1, 0.15) is 39.2 Å². The van der Waals surface area contributed by atoms with Crippen molar-refractivity contribution in [2.24, 2.45) is 0 Å². The van der Waals surface area contributed by atoms with Gasteiger partial charge in [-0.3, -0.25) is 19.2 Å². The largest absolute Gasteiger partial charge is 0.496 e. The van der Waals surface area contributed by atoms with Gasteiger partial charge in [0, 0.05) is 69.8 Å². The van der Waals surface area contributed by atoms with Crippen molar-refractivity contribution in [3.8, 4) is 5.75 Å². The summed E-state index contributed by atoms with van der Waals surface area (Å²) in [5.41, 5.74) is 4.91. The van der Waals surface area contributed by atoms with Crippen molar-refractivity contribution in [1.82, 2.24) is 24.6 Å². The van der Waals surface area contributed by atoms with E-state index in [4.69, 9.17) is 4.74 Å². The van der Waals surface area contributed by atoms with E-state index in [0.717, 1.165) is 38.3 Å². The molecule has 0 fully saturated rings. The third kappa shape index (κ3) is 5.39. The number of aryl methyl sites for hydroxylation is 3. The van der Waals surface area contributed by atoms with E-state index in [2.05, 4.69) is 47.4 Å². The highest BCUT2D eigenvalue weighted by molar-refractivity contribution is 5.98. The lowest BCUT2D eigenvalue weighted by atomic mass is 10.1. The number of ether oxygens (including phenoxy) is 1. The van der Waals surface area contributed by atoms with Gasteiger partial charge < -0.3 is 14.6 Å². The number of pyridine rings is 1. The molecule has 1 aromatic carbocycles. The Balaban J connectivity index is 1.48. The van der Waals surface area contributed by atoms with Crippen molar-refractivity contribution < 1.29 is 9.53 Å². The number of nitrogens with one attached hydrogen (secondary N) is 1. The topological polar surface area (TPSA) is 81.4 Å². The highest BCUT2D eigenvalue weighted by Gasteiger charge is 2.25. The number of rotatable bonds is 8. The molecule has 2 aromatic heterocycles. The van der Waals surface area contributed by atoms with Crippen molar-refractivity contribution in [2.45, 2.75) is 46.3 Å². The van der Waals surface area contributed by atoms with Gasteiger partial charge in [0.05, 0.1) is 7.11 Å². The number of hydrogen-bond acceptors (Lipinski definition) is 5. The summed E-state index contributed by atoms with van der Waals surface area (Å²) in [6.07, 6.45) is 5.00. The molecular weight excluding hydrogens is 430 g/mol. The summed E-state index contributed by atoms with van der Waals surface area (Å²) in [5.74, 6) is 0.132. The van der Waals surface area contributed by atoms with E-state index in [1.807, 2.05) is 16.9 Å². The van der Waals surface area contributed by atoms with Gasteiger partial charge in [0.25, 0.3) is 11.5 Å². The number of benzene rings is 1. The van der Waals surface area contributed by atoms with Gasteiger partial charge in [-0.2, -0.15) is 5.10 Å². The van der Waals surface area contributed by atoms with E-state index in [1.54, 1.807) is 10.8 Å². The first-order valence-corrected chi connectivity index (χ1v) is 11.8. The molecule has 0 radical (unpaired) electrons. The fourth-order valence-electron chi connectivity index (χ4n) is 4.48. The fourth-order valence-corrected chi connectivity index (χ4v) is 4.48. The Morgan fingerprint density at radius 2 is 2.00 bits per heavy atom. The van der Waals surface area contributed by atoms with Crippen LogP contribution in [-0.2, 0) is 26.1 Å². The van der Waals surface area contributed by atoms with Gasteiger partial charge in [0.2, 0.25) is 0 Å². The molecule has 0 aliphatic carbocycles. The Kier molecular flexibility index (Phi) is 7.47. The maximum absolute atomic E-state index is 13.2. The number of methoxy groups -OCH3 is 1. The minimum Gasteiger partial charge on any atom is -0.496 e. The van der Waals surface area contributed by atoms with Crippen LogP contribution in [0.25, 0.3) is 0 Å². The quantitative estimate of drug-likeness (QED) is 0.520. The minimum absolute atomic E-state index is 0.130. The standard InChI is InChI=1S/C26H33N5O3/c1-19-6-7-21(16-20(19)2)18-29-13-8-22-25(23(34-3)17-24(32)31(22)15-14-29)26(33)27-9-4-11-30-12-5-10-28-30/h5-7,10,12,16-17H,4,8-9,11,13-15,18H2,1-3H3,(H,27,33). The second-order valence-electron chi connectivity index (χ2n) is 8.85. The van der Waals surface area contributed by atoms with Gasteiger partial charge in [-0.1, -0.05) is 18.2 Å². The fraction of sp³-hybridized carbons (Fsp3) is 0.423. The normalized spacial score (nSPS) is 13.9. The number of hydrogen-bond donors (Lipinski definition) is 1. The predicted molar refractivity (Wildman–Crippen MR) is 131 cm³/mol. The van der Waals surface area contributed by atoms with Crippen LogP contribution in [0.2, 0.25) is 0 Å². The monoisotopic (exact) mass is 463 g/mol. The zero-order valence-electron chi connectivity index (χ0n) is 20.2. The maximum atomic E-state index is 13.2. The zero-order chi connectivity index (χ0) is 24.1. The summed E-state index contributed by atoms with van der Waals surface area (Å²) < 4.78 is 9.04. The van der Waals surface area contributed by atoms with E-state index in [1.165, 1.54) is 29.9 Å². The molecule has 8 nitrogen and oxygen atoms in total. The minimum atomic E-state index is -0.205. The average Bonchev–Trinajstić information content (AvgIpc) is 3.26. The molecule has 3 aromatic rings. The molecule has 0 saturated heterocycles. The summed E-state index contributed by atoms with van der Waals surface area (Å²) in [7, 11) is 1.50. The molecular formula is C26H33N5O3. The molecule has 1 amide bonds. The molecule has 0 spiro atoms. The summed E-state index contributed by atoms with van der Waals surface area (Å²) in [4.78, 5) is 28.4. The maximum Gasteiger partial charge on any atom is 0.256 e. The van der Waals surface area contributed by atoms with E-state index < -0.39 is 0 Å². The van der Waals surface area contributed by atoms with Gasteiger partial charge in [0.15, 0.2) is 0 Å². The first kappa shape index (κ1) is 23.8. The molecule has 8 heteroatoms. The third-order valence-corrected chi connectivity index (χ3v) is 6.52. The molecule has 0 bridgehead atoms. The van der Waals surface area contributed by atoms with E-state index in [0.29, 0.717) is 30.8 Å². The molecule has 1 N–H and O–H groups in total. The average molecular weight is 464 g/mol. The number of amides is 1. The summed E-state index contributed by atoms with van der Waals surface area (Å²) >= 11 is 0. The zero-order valence-corrected chi connectivity index (χ0v) is 20.2. The molecule has 1 aliphatic rings. The van der Waals surface area contributed by atoms with Crippen LogP contribution in [0.3, 0.4) is 0 Å². The molecule has 180 valence electrons. The molecule has 1 aliphatic heterocycles. The number of aromatic nitrogens is 3. The van der Waals surface area contributed by atoms with Crippen LogP contribution in [0.4, 0.5) is 0 Å². The summed E-state index contributed by atoms with van der Waals surface area (Å²) in [5, 5.41) is 7.18. The van der Waals surface area contributed by atoms with Crippen LogP contribution >= 0.6 is 0 Å². The highest BCUT2D eigenvalue weighted by atomic mass is 16.5. The Morgan fingerprint density at radius 3 is 2.74 bits per heavy atom. The van der Waals surface area contributed by atoms with Gasteiger partial charge in [-0.25, -0.2) is 0 Å². The van der Waals surface area contributed by atoms with Crippen molar-refractivity contribution in [2.75, 3.05) is 26.7 Å². The Bertz CT molecular complexity index is 1200. The van der Waals surface area contributed by atoms with Crippen LogP contribution in [-0.4, -0.2) is 51.9 Å². The Hall–Kier alpha value is -3.39. The lowest BCUT2D eigenvalue weighted by molar-refractivity contribution is 0.0947. The van der Waals surface area contributed by atoms with Crippen molar-refractivity contribution in [3.05, 3.63) is 81.0 Å². The number of carbonyl (C=O) groups excluding carboxylic acids is 1. The van der Waals surface area contributed by atoms with Gasteiger partial charge in [0.1, 0.15) is 11.3 Å². The molecule has 0 atom stereocenters. The van der Waals surface area contributed by atoms with Crippen LogP contribution in [0.5, 0.6) is 5.75 Å². The van der Waals surface area contributed by atoms with Gasteiger partial charge in [-0.05, 0) is 43.0 Å². The van der Waals surface area contributed by atoms with Crippen LogP contribution in [0.15, 0.2) is 47.5 Å². The van der Waals surface area contributed by atoms with Crippen LogP contribution < -0.4 is 15.6 Å². The Morgan fingerprint density at radius 1 is 1.15 bits per heavy atom. The van der Waals surface area contributed by atoms with Crippen molar-refractivity contribution in [3.63, 3.8) is 0 Å². The second-order valence-corrected chi connectivity index (χ2v) is 8.85. The van der Waals surface area contributed by atoms with Crippen LogP contribution in [0, 0.1) is 13.8 Å². The SMILES string of the molecule is COc1cc(=O)n2c(c1C(=O)NCCCn1cccn1)CCN(Cc1ccc(C)c(C)c1)CC2. The van der Waals surface area contributed by atoms with E-state index in [-0.39, 0.29) is 11.5 Å². The highest BCUT2D eigenvalue weighted by Crippen LogP contribution is 2.23. The molecule has 0 saturated carbocycles. The first-order chi connectivity index (χ1) is 16.5. The van der Waals surface area contributed by atoms with Gasteiger partial charge in [-0.15, -0.1) is 0 Å². The lowest BCUT2D eigenvalue weighted by Crippen LogP contribution is -2.32.